The lowest BCUT2D eigenvalue weighted by Crippen LogP contribution is -2.37. The van der Waals surface area contributed by atoms with Crippen LogP contribution >= 0.6 is 11.3 Å². The number of carbonyl (C=O) groups excluding carboxylic acids is 1. The molecule has 1 amide bonds. The van der Waals surface area contributed by atoms with Gasteiger partial charge in [0.1, 0.15) is 5.82 Å². The molecule has 1 atom stereocenters. The minimum atomic E-state index is 0.324. The number of nitrogens with zero attached hydrogens (tertiary/aromatic N) is 4. The third-order valence-corrected chi connectivity index (χ3v) is 5.61. The second kappa shape index (κ2) is 6.45. The molecule has 0 radical (unpaired) electrons. The van der Waals surface area contributed by atoms with Gasteiger partial charge in [0.05, 0.1) is 6.54 Å². The van der Waals surface area contributed by atoms with Crippen LogP contribution < -0.4 is 0 Å². The standard InChI is InChI=1S/C17H22N4OS/c22-17-4-1-6-21(17)11-14-9-19(12-15-3-2-8-23-15)13-16-18-5-7-20(16)10-14/h2-3,5,7-8,14H,1,4,6,9-13H2. The van der Waals surface area contributed by atoms with Crippen LogP contribution in [0.25, 0.3) is 0 Å². The van der Waals surface area contributed by atoms with Crippen LogP contribution in [0.3, 0.4) is 0 Å². The molecule has 1 unspecified atom stereocenters. The molecule has 0 N–H and O–H groups in total. The Hall–Kier alpha value is -1.66. The lowest BCUT2D eigenvalue weighted by molar-refractivity contribution is -0.128. The van der Waals surface area contributed by atoms with E-state index in [1.165, 1.54) is 4.88 Å². The summed E-state index contributed by atoms with van der Waals surface area (Å²) in [6.07, 6.45) is 5.70. The third-order valence-electron chi connectivity index (χ3n) is 4.75. The Kier molecular flexibility index (Phi) is 4.18. The van der Waals surface area contributed by atoms with Gasteiger partial charge in [0.15, 0.2) is 0 Å². The molecule has 0 aliphatic carbocycles. The Morgan fingerprint density at radius 3 is 3.09 bits per heavy atom. The third kappa shape index (κ3) is 3.33. The van der Waals surface area contributed by atoms with E-state index >= 15 is 0 Å². The second-order valence-electron chi connectivity index (χ2n) is 6.55. The van der Waals surface area contributed by atoms with E-state index in [-0.39, 0.29) is 0 Å². The van der Waals surface area contributed by atoms with Crippen LogP contribution in [0.5, 0.6) is 0 Å². The molecule has 1 fully saturated rings. The van der Waals surface area contributed by atoms with Crippen molar-refractivity contribution in [1.82, 2.24) is 19.4 Å². The summed E-state index contributed by atoms with van der Waals surface area (Å²) >= 11 is 1.81. The van der Waals surface area contributed by atoms with Crippen molar-refractivity contribution in [3.63, 3.8) is 0 Å². The monoisotopic (exact) mass is 330 g/mol. The average Bonchev–Trinajstić information content (AvgIpc) is 3.24. The van der Waals surface area contributed by atoms with Gasteiger partial charge in [0, 0.05) is 62.3 Å². The van der Waals surface area contributed by atoms with Crippen LogP contribution in [0.4, 0.5) is 0 Å². The smallest absolute Gasteiger partial charge is 0.222 e. The van der Waals surface area contributed by atoms with E-state index in [0.29, 0.717) is 11.8 Å². The molecule has 0 aromatic carbocycles. The lowest BCUT2D eigenvalue weighted by atomic mass is 10.1. The van der Waals surface area contributed by atoms with Crippen molar-refractivity contribution in [2.24, 2.45) is 5.92 Å². The van der Waals surface area contributed by atoms with Crippen molar-refractivity contribution in [3.8, 4) is 0 Å². The molecule has 0 spiro atoms. The highest BCUT2D eigenvalue weighted by molar-refractivity contribution is 7.09. The van der Waals surface area contributed by atoms with Crippen LogP contribution in [-0.4, -0.2) is 44.9 Å². The molecule has 1 saturated heterocycles. The van der Waals surface area contributed by atoms with Crippen LogP contribution in [-0.2, 0) is 24.4 Å². The van der Waals surface area contributed by atoms with Gasteiger partial charge in [-0.2, -0.15) is 0 Å². The maximum atomic E-state index is 12.0. The summed E-state index contributed by atoms with van der Waals surface area (Å²) in [4.78, 5) is 22.4. The number of rotatable bonds is 4. The van der Waals surface area contributed by atoms with Crippen molar-refractivity contribution in [2.45, 2.75) is 32.5 Å². The molecule has 4 rings (SSSR count). The van der Waals surface area contributed by atoms with Crippen molar-refractivity contribution < 1.29 is 4.79 Å². The molecule has 6 heteroatoms. The van der Waals surface area contributed by atoms with E-state index in [4.69, 9.17) is 0 Å². The summed E-state index contributed by atoms with van der Waals surface area (Å²) in [5.74, 6) is 1.93. The van der Waals surface area contributed by atoms with E-state index in [0.717, 1.165) is 57.9 Å². The van der Waals surface area contributed by atoms with Gasteiger partial charge in [0.2, 0.25) is 5.91 Å². The van der Waals surface area contributed by atoms with Gasteiger partial charge in [-0.05, 0) is 17.9 Å². The lowest BCUT2D eigenvalue weighted by Gasteiger charge is -2.27. The fourth-order valence-corrected chi connectivity index (χ4v) is 4.44. The Labute approximate surface area is 140 Å². The fraction of sp³-hybridized carbons (Fsp3) is 0.529. The number of thiophene rings is 1. The van der Waals surface area contributed by atoms with E-state index in [9.17, 15) is 4.79 Å². The zero-order chi connectivity index (χ0) is 15.6. The van der Waals surface area contributed by atoms with Crippen molar-refractivity contribution in [1.29, 1.82) is 0 Å². The Morgan fingerprint density at radius 1 is 1.35 bits per heavy atom. The number of hydrogen-bond acceptors (Lipinski definition) is 4. The topological polar surface area (TPSA) is 41.4 Å². The van der Waals surface area contributed by atoms with Crippen molar-refractivity contribution in [2.75, 3.05) is 19.6 Å². The number of amides is 1. The molecular formula is C17H22N4OS. The summed E-state index contributed by atoms with van der Waals surface area (Å²) in [6, 6.07) is 4.31. The number of likely N-dealkylation sites (tertiary alicyclic amines) is 1. The maximum absolute atomic E-state index is 12.0. The predicted octanol–water partition coefficient (Wildman–Crippen LogP) is 2.20. The van der Waals surface area contributed by atoms with Crippen LogP contribution in [0.15, 0.2) is 29.9 Å². The first kappa shape index (κ1) is 14.9. The highest BCUT2D eigenvalue weighted by Crippen LogP contribution is 2.22. The molecule has 4 heterocycles. The fourth-order valence-electron chi connectivity index (χ4n) is 3.69. The van der Waals surface area contributed by atoms with Crippen LogP contribution in [0.1, 0.15) is 23.5 Å². The maximum Gasteiger partial charge on any atom is 0.222 e. The van der Waals surface area contributed by atoms with E-state index in [2.05, 4.69) is 43.1 Å². The van der Waals surface area contributed by atoms with Gasteiger partial charge in [-0.3, -0.25) is 9.69 Å². The zero-order valence-electron chi connectivity index (χ0n) is 13.2. The molecule has 122 valence electrons. The van der Waals surface area contributed by atoms with E-state index in [1.807, 2.05) is 17.5 Å². The Bertz CT molecular complexity index is 666. The summed E-state index contributed by atoms with van der Waals surface area (Å²) < 4.78 is 2.26. The average molecular weight is 330 g/mol. The molecule has 2 aliphatic rings. The predicted molar refractivity (Wildman–Crippen MR) is 90.0 cm³/mol. The molecule has 2 aromatic heterocycles. The van der Waals surface area contributed by atoms with Crippen LogP contribution in [0.2, 0.25) is 0 Å². The van der Waals surface area contributed by atoms with E-state index in [1.54, 1.807) is 0 Å². The SMILES string of the molecule is O=C1CCCN1CC1CN(Cc2cccs2)Cc2nccn2C1. The Balaban J connectivity index is 1.50. The minimum Gasteiger partial charge on any atom is -0.342 e. The minimum absolute atomic E-state index is 0.324. The summed E-state index contributed by atoms with van der Waals surface area (Å²) in [5, 5.41) is 2.13. The van der Waals surface area contributed by atoms with E-state index < -0.39 is 0 Å². The van der Waals surface area contributed by atoms with Gasteiger partial charge < -0.3 is 9.47 Å². The molecule has 0 bridgehead atoms. The van der Waals surface area contributed by atoms with Crippen molar-refractivity contribution >= 4 is 17.2 Å². The van der Waals surface area contributed by atoms with Gasteiger partial charge in [-0.25, -0.2) is 4.98 Å². The zero-order valence-corrected chi connectivity index (χ0v) is 14.0. The normalized spacial score (nSPS) is 22.3. The number of hydrogen-bond donors (Lipinski definition) is 0. The number of imidazole rings is 1. The number of carbonyl (C=O) groups is 1. The first-order chi connectivity index (χ1) is 11.3. The summed E-state index contributed by atoms with van der Waals surface area (Å²) in [5.41, 5.74) is 0. The molecule has 2 aromatic rings. The van der Waals surface area contributed by atoms with Gasteiger partial charge in [0.25, 0.3) is 0 Å². The first-order valence-electron chi connectivity index (χ1n) is 8.30. The molecule has 2 aliphatic heterocycles. The van der Waals surface area contributed by atoms with Gasteiger partial charge in [-0.15, -0.1) is 11.3 Å². The molecule has 23 heavy (non-hydrogen) atoms. The Morgan fingerprint density at radius 2 is 2.30 bits per heavy atom. The van der Waals surface area contributed by atoms with Gasteiger partial charge >= 0.3 is 0 Å². The highest BCUT2D eigenvalue weighted by Gasteiger charge is 2.27. The molecule has 5 nitrogen and oxygen atoms in total. The first-order valence-corrected chi connectivity index (χ1v) is 9.18. The summed E-state index contributed by atoms with van der Waals surface area (Å²) in [6.45, 7) is 5.63. The number of aromatic nitrogens is 2. The molecular weight excluding hydrogens is 308 g/mol. The number of fused-ring (bicyclic) bond motifs is 1. The van der Waals surface area contributed by atoms with Crippen LogP contribution in [0, 0.1) is 5.92 Å². The quantitative estimate of drug-likeness (QED) is 0.863. The highest BCUT2D eigenvalue weighted by atomic mass is 32.1. The second-order valence-corrected chi connectivity index (χ2v) is 7.59. The van der Waals surface area contributed by atoms with Crippen molar-refractivity contribution in [3.05, 3.63) is 40.6 Å². The summed E-state index contributed by atoms with van der Waals surface area (Å²) in [7, 11) is 0. The molecule has 0 saturated carbocycles. The van der Waals surface area contributed by atoms with Gasteiger partial charge in [-0.1, -0.05) is 6.07 Å². The largest absolute Gasteiger partial charge is 0.342 e.